The molecule has 2 fully saturated rings. The van der Waals surface area contributed by atoms with Crippen molar-refractivity contribution in [2.24, 2.45) is 4.99 Å². The minimum Gasteiger partial charge on any atom is -0.497 e. The summed E-state index contributed by atoms with van der Waals surface area (Å²) in [4.78, 5) is 75.0. The van der Waals surface area contributed by atoms with Crippen LogP contribution in [0.1, 0.15) is 128 Å². The number of nitrogens with zero attached hydrogens (tertiary/aromatic N) is 9. The fourth-order valence-corrected chi connectivity index (χ4v) is 12.2. The number of amidine groups is 1. The number of amides is 5. The minimum absolute atomic E-state index is 0.0650. The third kappa shape index (κ3) is 12.9. The fraction of sp³-hybridized carbons (Fsp3) is 0.413. The molecular weight excluding hydrogens is 1110 g/mol. The van der Waals surface area contributed by atoms with E-state index >= 15 is 4.79 Å². The van der Waals surface area contributed by atoms with Gasteiger partial charge in [0.25, 0.3) is 5.91 Å². The van der Waals surface area contributed by atoms with Crippen LogP contribution in [0, 0.1) is 5.82 Å². The molecule has 0 aliphatic carbocycles. The fourth-order valence-electron chi connectivity index (χ4n) is 11.9. The molecule has 3 N–H and O–H groups in total. The number of piperazine rings is 1. The van der Waals surface area contributed by atoms with E-state index in [1.54, 1.807) is 71.1 Å². The maximum atomic E-state index is 15.2. The van der Waals surface area contributed by atoms with Crippen LogP contribution in [-0.4, -0.2) is 131 Å². The highest BCUT2D eigenvalue weighted by atomic mass is 35.5. The van der Waals surface area contributed by atoms with E-state index in [1.807, 2.05) is 73.3 Å². The number of nitrogens with one attached hydrogen (secondary N) is 1. The number of aromatic nitrogens is 3. The van der Waals surface area contributed by atoms with Gasteiger partial charge in [0.05, 0.1) is 68.0 Å². The minimum atomic E-state index is -0.603. The van der Waals surface area contributed by atoms with Gasteiger partial charge in [0.2, 0.25) is 17.7 Å². The summed E-state index contributed by atoms with van der Waals surface area (Å²) in [7, 11) is 4.86. The Morgan fingerprint density at radius 2 is 1.54 bits per heavy atom. The molecular formula is C63H72Cl2FN11O7. The summed E-state index contributed by atoms with van der Waals surface area (Å²) in [6.07, 6.45) is 8.66. The van der Waals surface area contributed by atoms with Crippen molar-refractivity contribution >= 4 is 64.3 Å². The largest absolute Gasteiger partial charge is 0.497 e. The van der Waals surface area contributed by atoms with Gasteiger partial charge in [-0.1, -0.05) is 73.2 Å². The van der Waals surface area contributed by atoms with Gasteiger partial charge in [-0.3, -0.25) is 24.3 Å². The van der Waals surface area contributed by atoms with Crippen LogP contribution in [-0.2, 0) is 22.7 Å². The molecule has 18 nitrogen and oxygen atoms in total. The molecule has 84 heavy (non-hydrogen) atoms. The van der Waals surface area contributed by atoms with Gasteiger partial charge in [-0.2, -0.15) is 5.10 Å². The molecule has 2 bridgehead atoms. The third-order valence-electron chi connectivity index (χ3n) is 16.1. The van der Waals surface area contributed by atoms with Crippen LogP contribution < -0.4 is 30.2 Å². The molecule has 442 valence electrons. The molecule has 4 aromatic carbocycles. The predicted molar refractivity (Wildman–Crippen MR) is 322 cm³/mol. The van der Waals surface area contributed by atoms with E-state index in [2.05, 4.69) is 15.2 Å². The smallest absolute Gasteiger partial charge is 0.326 e. The zero-order valence-corrected chi connectivity index (χ0v) is 49.7. The Kier molecular flexibility index (Phi) is 18.6. The van der Waals surface area contributed by atoms with Crippen LogP contribution >= 0.6 is 23.2 Å². The molecule has 0 radical (unpaired) electrons. The summed E-state index contributed by atoms with van der Waals surface area (Å²) in [5.74, 6) is 1.44. The van der Waals surface area contributed by atoms with Crippen LogP contribution in [0.15, 0.2) is 102 Å². The van der Waals surface area contributed by atoms with E-state index < -0.39 is 17.9 Å². The number of urea groups is 1. The maximum Gasteiger partial charge on any atom is 0.326 e. The highest BCUT2D eigenvalue weighted by molar-refractivity contribution is 6.30. The summed E-state index contributed by atoms with van der Waals surface area (Å²) in [6.45, 7) is 6.49. The first-order chi connectivity index (χ1) is 40.6. The first-order valence-electron chi connectivity index (χ1n) is 28.9. The molecule has 3 atom stereocenters. The lowest BCUT2D eigenvalue weighted by atomic mass is 9.93. The number of rotatable bonds is 19. The maximum absolute atomic E-state index is 15.2. The lowest BCUT2D eigenvalue weighted by molar-refractivity contribution is -0.135. The van der Waals surface area contributed by atoms with Crippen molar-refractivity contribution in [3.8, 4) is 28.5 Å². The Labute approximate surface area is 499 Å². The zero-order chi connectivity index (χ0) is 59.2. The highest BCUT2D eigenvalue weighted by Gasteiger charge is 2.46. The standard InChI is InChI=1S/C63H72Cl2FN11O7/c1-39(2)84-53-35-46(82-4)24-26-48(53)60-70-57(40-15-19-43(64)20-16-40)58(41-17-21-44(65)22-18-41)77(60)63(81)74-32-31-73(55(79)38-74)28-11-9-7-6-8-10-14-54(78)68-27-30-76-62(83-5)56-42-33-52(59(67)69-36-42)75-29-12-13-51(75)49-34-45(66)23-25-47(49)61(80)72(3)37-50(56)71-76/h15-26,33-36,39,51,57-58H,6-14,27-32,37-38H2,1-5H3,(H2,67,69)(H,68,78)/t51-,57+,58-/m1/s1. The van der Waals surface area contributed by atoms with Crippen molar-refractivity contribution in [2.45, 2.75) is 109 Å². The van der Waals surface area contributed by atoms with E-state index in [0.717, 1.165) is 62.5 Å². The molecule has 2 aromatic heterocycles. The van der Waals surface area contributed by atoms with Gasteiger partial charge < -0.3 is 44.9 Å². The third-order valence-corrected chi connectivity index (χ3v) is 16.6. The van der Waals surface area contributed by atoms with Gasteiger partial charge in [-0.15, -0.1) is 0 Å². The molecule has 4 aliphatic rings. The summed E-state index contributed by atoms with van der Waals surface area (Å²) in [5, 5.41) is 9.10. The summed E-state index contributed by atoms with van der Waals surface area (Å²) >= 11 is 12.8. The molecule has 0 spiro atoms. The number of hydrogen-bond donors (Lipinski definition) is 2. The van der Waals surface area contributed by atoms with Gasteiger partial charge in [-0.05, 0) is 117 Å². The van der Waals surface area contributed by atoms with E-state index in [4.69, 9.17) is 53.2 Å². The number of carbonyl (C=O) groups is 4. The molecule has 21 heteroatoms. The van der Waals surface area contributed by atoms with Crippen LogP contribution in [0.2, 0.25) is 10.0 Å². The first-order valence-corrected chi connectivity index (χ1v) is 29.6. The normalized spacial score (nSPS) is 17.8. The number of pyridine rings is 1. The first kappa shape index (κ1) is 59.3. The molecule has 5 amide bonds. The summed E-state index contributed by atoms with van der Waals surface area (Å²) in [5.41, 5.74) is 12.5. The number of nitrogens with two attached hydrogens (primary N) is 1. The van der Waals surface area contributed by atoms with Crippen molar-refractivity contribution in [3.05, 3.63) is 147 Å². The van der Waals surface area contributed by atoms with Crippen molar-refractivity contribution in [3.63, 3.8) is 0 Å². The van der Waals surface area contributed by atoms with Crippen molar-refractivity contribution in [1.29, 1.82) is 0 Å². The van der Waals surface area contributed by atoms with Crippen LogP contribution in [0.4, 0.5) is 20.7 Å². The number of methoxy groups -OCH3 is 2. The quantitative estimate of drug-likeness (QED) is 0.0733. The van der Waals surface area contributed by atoms with Crippen molar-refractivity contribution in [1.82, 2.24) is 39.7 Å². The second-order valence-electron chi connectivity index (χ2n) is 22.1. The molecule has 4 aliphatic heterocycles. The molecule has 6 aromatic rings. The number of aliphatic imine (C=N–C) groups is 1. The van der Waals surface area contributed by atoms with E-state index in [9.17, 15) is 18.8 Å². The highest BCUT2D eigenvalue weighted by Crippen LogP contribution is 2.47. The number of benzene rings is 4. The Morgan fingerprint density at radius 1 is 0.821 bits per heavy atom. The van der Waals surface area contributed by atoms with E-state index in [0.29, 0.717) is 124 Å². The number of ether oxygens (including phenoxy) is 3. The van der Waals surface area contributed by atoms with Gasteiger partial charge >= 0.3 is 6.03 Å². The molecule has 0 saturated carbocycles. The Balaban J connectivity index is 0.712. The number of halogens is 3. The average molecular weight is 1190 g/mol. The van der Waals surface area contributed by atoms with Gasteiger partial charge in [0.1, 0.15) is 41.6 Å². The lowest BCUT2D eigenvalue weighted by Gasteiger charge is -2.38. The Bertz CT molecular complexity index is 3420. The van der Waals surface area contributed by atoms with Gasteiger partial charge in [0, 0.05) is 79.6 Å². The number of unbranched alkanes of at least 4 members (excludes halogenated alkanes) is 5. The van der Waals surface area contributed by atoms with Crippen molar-refractivity contribution < 1.29 is 37.8 Å². The van der Waals surface area contributed by atoms with Gasteiger partial charge in [-0.25, -0.2) is 18.9 Å². The number of hydrogen-bond acceptors (Lipinski definition) is 12. The molecule has 2 saturated heterocycles. The summed E-state index contributed by atoms with van der Waals surface area (Å²) < 4.78 is 34.4. The zero-order valence-electron chi connectivity index (χ0n) is 48.2. The second kappa shape index (κ2) is 26.3. The topological polar surface area (TPSA) is 193 Å². The van der Waals surface area contributed by atoms with Crippen LogP contribution in [0.25, 0.3) is 11.1 Å². The molecule has 6 heterocycles. The van der Waals surface area contributed by atoms with E-state index in [-0.39, 0.29) is 49.0 Å². The number of anilines is 2. The van der Waals surface area contributed by atoms with Crippen LogP contribution in [0.5, 0.6) is 17.4 Å². The lowest BCUT2D eigenvalue weighted by Crippen LogP contribution is -2.56. The SMILES string of the molecule is COc1ccc(C2=N[C@@H](c3ccc(Cl)cc3)[C@@H](c3ccc(Cl)cc3)N2C(=O)N2CCN(CCCCCCCCC(=O)NCCn3nc4c(c3OC)-c3cnc(N)c(c3)N3CCC[C@@H]3c3cc(F)ccc3C(=O)N(C)C4)C(=O)C2)c(OC(C)C)c1. The Morgan fingerprint density at radius 3 is 2.25 bits per heavy atom. The molecule has 10 rings (SSSR count). The van der Waals surface area contributed by atoms with Crippen molar-refractivity contribution in [2.75, 3.05) is 71.2 Å². The second-order valence-corrected chi connectivity index (χ2v) is 22.9. The van der Waals surface area contributed by atoms with E-state index in [1.165, 1.54) is 12.1 Å². The number of fused-ring (bicyclic) bond motifs is 8. The number of carbonyl (C=O) groups excluding carboxylic acids is 4. The molecule has 0 unspecified atom stereocenters. The average Bonchev–Trinajstić information content (AvgIpc) is 2.47. The summed E-state index contributed by atoms with van der Waals surface area (Å²) in [6, 6.07) is 24.9. The Hall–Kier alpha value is -7.90. The monoisotopic (exact) mass is 1180 g/mol. The predicted octanol–water partition coefficient (Wildman–Crippen LogP) is 11.1. The number of nitrogen functional groups attached to an aromatic ring is 1. The van der Waals surface area contributed by atoms with Crippen LogP contribution in [0.3, 0.4) is 0 Å². The van der Waals surface area contributed by atoms with Gasteiger partial charge in [0.15, 0.2) is 0 Å².